The van der Waals surface area contributed by atoms with E-state index in [2.05, 4.69) is 20.8 Å². The zero-order valence-corrected chi connectivity index (χ0v) is 21.3. The smallest absolute Gasteiger partial charge is 0.338 e. The number of fused-ring (bicyclic) bond motifs is 1. The van der Waals surface area contributed by atoms with Crippen LogP contribution in [0, 0.1) is 11.6 Å². The maximum atomic E-state index is 15.0. The van der Waals surface area contributed by atoms with Gasteiger partial charge in [-0.2, -0.15) is 0 Å². The first kappa shape index (κ1) is 25.2. The Kier molecular flexibility index (Phi) is 6.49. The van der Waals surface area contributed by atoms with E-state index in [1.807, 2.05) is 53.1 Å². The molecule has 0 amide bonds. The fourth-order valence-electron chi connectivity index (χ4n) is 4.86. The number of rotatable bonds is 6. The van der Waals surface area contributed by atoms with Gasteiger partial charge in [0.05, 0.1) is 16.5 Å². The summed E-state index contributed by atoms with van der Waals surface area (Å²) in [5.74, 6) is -1.89. The topological polar surface area (TPSA) is 51.5 Å². The summed E-state index contributed by atoms with van der Waals surface area (Å²) in [5.41, 5.74) is 3.83. The first-order valence-corrected chi connectivity index (χ1v) is 12.3. The summed E-state index contributed by atoms with van der Waals surface area (Å²) in [4.78, 5) is 11.5. The Bertz CT molecular complexity index is 1630. The van der Waals surface area contributed by atoms with Crippen LogP contribution < -0.4 is 4.74 Å². The van der Waals surface area contributed by atoms with Crippen molar-refractivity contribution in [1.29, 1.82) is 0 Å². The summed E-state index contributed by atoms with van der Waals surface area (Å²) in [5, 5.41) is 10.1. The molecule has 5 aromatic rings. The largest absolute Gasteiger partial charge is 0.488 e. The molecule has 4 nitrogen and oxygen atoms in total. The minimum absolute atomic E-state index is 0.332. The van der Waals surface area contributed by atoms with Crippen molar-refractivity contribution >= 4 is 16.9 Å². The number of carboxylic acids is 1. The highest BCUT2D eigenvalue weighted by molar-refractivity contribution is 6.04. The van der Waals surface area contributed by atoms with Crippen LogP contribution in [0.4, 0.5) is 8.78 Å². The van der Waals surface area contributed by atoms with Crippen molar-refractivity contribution in [1.82, 2.24) is 4.57 Å². The third-order valence-electron chi connectivity index (χ3n) is 6.48. The number of hydrogen-bond donors (Lipinski definition) is 1. The fraction of sp³-hybridized carbons (Fsp3) is 0.156. The molecule has 0 atom stereocenters. The molecule has 0 aliphatic carbocycles. The lowest BCUT2D eigenvalue weighted by atomic mass is 9.85. The number of aromatic carboxylic acids is 1. The molecule has 0 fully saturated rings. The molecule has 0 spiro atoms. The second-order valence-electron chi connectivity index (χ2n) is 10.2. The minimum Gasteiger partial charge on any atom is -0.488 e. The first-order chi connectivity index (χ1) is 18.1. The van der Waals surface area contributed by atoms with Crippen molar-refractivity contribution < 1.29 is 23.4 Å². The Labute approximate surface area is 219 Å². The van der Waals surface area contributed by atoms with Crippen molar-refractivity contribution in [2.75, 3.05) is 0 Å². The van der Waals surface area contributed by atoms with Gasteiger partial charge in [0, 0.05) is 22.4 Å². The molecule has 6 heteroatoms. The van der Waals surface area contributed by atoms with Crippen molar-refractivity contribution in [3.63, 3.8) is 0 Å². The van der Waals surface area contributed by atoms with Crippen LogP contribution in [0.3, 0.4) is 0 Å². The van der Waals surface area contributed by atoms with Crippen LogP contribution in [0.2, 0.25) is 0 Å². The highest BCUT2D eigenvalue weighted by Gasteiger charge is 2.30. The van der Waals surface area contributed by atoms with E-state index in [4.69, 9.17) is 4.74 Å². The highest BCUT2D eigenvalue weighted by Crippen LogP contribution is 2.46. The quantitative estimate of drug-likeness (QED) is 0.250. The average Bonchev–Trinajstić information content (AvgIpc) is 3.25. The number of hydrogen-bond acceptors (Lipinski definition) is 2. The highest BCUT2D eigenvalue weighted by atomic mass is 19.1. The Morgan fingerprint density at radius 1 is 0.895 bits per heavy atom. The van der Waals surface area contributed by atoms with Gasteiger partial charge < -0.3 is 14.4 Å². The normalized spacial score (nSPS) is 11.6. The van der Waals surface area contributed by atoms with Gasteiger partial charge in [0.25, 0.3) is 0 Å². The molecule has 0 aliphatic heterocycles. The predicted molar refractivity (Wildman–Crippen MR) is 145 cm³/mol. The van der Waals surface area contributed by atoms with Gasteiger partial charge in [-0.3, -0.25) is 0 Å². The number of halogens is 2. The van der Waals surface area contributed by atoms with Gasteiger partial charge in [-0.25, -0.2) is 13.6 Å². The molecule has 0 saturated heterocycles. The molecule has 0 bridgehead atoms. The molecular formula is C32H27F2NO3. The van der Waals surface area contributed by atoms with E-state index >= 15 is 0 Å². The number of carbonyl (C=O) groups is 1. The lowest BCUT2D eigenvalue weighted by molar-refractivity contribution is 0.0692. The van der Waals surface area contributed by atoms with Crippen LogP contribution in [0.15, 0.2) is 91.0 Å². The minimum atomic E-state index is -1.33. The van der Waals surface area contributed by atoms with Crippen LogP contribution in [0.5, 0.6) is 5.75 Å². The lowest BCUT2D eigenvalue weighted by Gasteiger charge is -2.25. The van der Waals surface area contributed by atoms with Crippen molar-refractivity contribution in [3.05, 3.63) is 119 Å². The van der Waals surface area contributed by atoms with E-state index in [0.29, 0.717) is 17.9 Å². The SMILES string of the molecule is CC(C)(C)c1c(-c2ccc(C(=O)O)c(F)c2)c2c(OCc3ccccc3)cccc2n1-c1ccc(F)cc1. The molecule has 0 unspecified atom stereocenters. The maximum absolute atomic E-state index is 15.0. The molecule has 0 saturated carbocycles. The van der Waals surface area contributed by atoms with Crippen molar-refractivity contribution in [2.45, 2.75) is 32.8 Å². The zero-order chi connectivity index (χ0) is 27.0. The van der Waals surface area contributed by atoms with Gasteiger partial charge in [-0.05, 0) is 59.7 Å². The van der Waals surface area contributed by atoms with Gasteiger partial charge in [-0.15, -0.1) is 0 Å². The Morgan fingerprint density at radius 3 is 2.24 bits per heavy atom. The second-order valence-corrected chi connectivity index (χ2v) is 10.2. The third kappa shape index (κ3) is 4.65. The summed E-state index contributed by atoms with van der Waals surface area (Å²) in [6.07, 6.45) is 0. The lowest BCUT2D eigenvalue weighted by Crippen LogP contribution is -2.18. The van der Waals surface area contributed by atoms with Crippen LogP contribution >= 0.6 is 0 Å². The number of benzene rings is 4. The third-order valence-corrected chi connectivity index (χ3v) is 6.48. The molecule has 1 N–H and O–H groups in total. The molecule has 5 rings (SSSR count). The number of ether oxygens (including phenoxy) is 1. The zero-order valence-electron chi connectivity index (χ0n) is 21.3. The fourth-order valence-corrected chi connectivity index (χ4v) is 4.86. The molecule has 1 aromatic heterocycles. The molecule has 1 heterocycles. The molecular weight excluding hydrogens is 484 g/mol. The van der Waals surface area contributed by atoms with Crippen LogP contribution in [-0.4, -0.2) is 15.6 Å². The summed E-state index contributed by atoms with van der Waals surface area (Å²) in [7, 11) is 0. The van der Waals surface area contributed by atoms with Crippen molar-refractivity contribution in [2.24, 2.45) is 0 Å². The van der Waals surface area contributed by atoms with E-state index in [-0.39, 0.29) is 5.82 Å². The van der Waals surface area contributed by atoms with Crippen molar-refractivity contribution in [3.8, 4) is 22.6 Å². The summed E-state index contributed by atoms with van der Waals surface area (Å²) in [6, 6.07) is 25.9. The maximum Gasteiger partial charge on any atom is 0.338 e. The summed E-state index contributed by atoms with van der Waals surface area (Å²) < 4.78 is 37.3. The molecule has 192 valence electrons. The number of aromatic nitrogens is 1. The first-order valence-electron chi connectivity index (χ1n) is 12.3. The van der Waals surface area contributed by atoms with Crippen LogP contribution in [0.1, 0.15) is 42.4 Å². The molecule has 38 heavy (non-hydrogen) atoms. The van der Waals surface area contributed by atoms with Gasteiger partial charge in [0.2, 0.25) is 0 Å². The van der Waals surface area contributed by atoms with Gasteiger partial charge >= 0.3 is 5.97 Å². The Balaban J connectivity index is 1.84. The standard InChI is InChI=1S/C32H27F2NO3/c1-32(2,3)30-28(21-12-17-24(31(36)37)25(34)18-21)29-26(35(30)23-15-13-22(33)14-16-23)10-7-11-27(29)38-19-20-8-5-4-6-9-20/h4-18H,19H2,1-3H3,(H,36,37). The van der Waals surface area contributed by atoms with E-state index in [1.54, 1.807) is 18.2 Å². The molecule has 0 radical (unpaired) electrons. The second kappa shape index (κ2) is 9.78. The van der Waals surface area contributed by atoms with Gasteiger partial charge in [-0.1, -0.05) is 63.2 Å². The monoisotopic (exact) mass is 511 g/mol. The van der Waals surface area contributed by atoms with Gasteiger partial charge in [0.15, 0.2) is 0 Å². The van der Waals surface area contributed by atoms with Gasteiger partial charge in [0.1, 0.15) is 24.0 Å². The van der Waals surface area contributed by atoms with E-state index in [1.165, 1.54) is 24.3 Å². The van der Waals surface area contributed by atoms with Crippen LogP contribution in [0.25, 0.3) is 27.7 Å². The Morgan fingerprint density at radius 2 is 1.61 bits per heavy atom. The number of nitrogens with zero attached hydrogens (tertiary/aromatic N) is 1. The average molecular weight is 512 g/mol. The summed E-state index contributed by atoms with van der Waals surface area (Å²) >= 11 is 0. The summed E-state index contributed by atoms with van der Waals surface area (Å²) in [6.45, 7) is 6.49. The van der Waals surface area contributed by atoms with E-state index in [9.17, 15) is 18.7 Å². The number of carboxylic acid groups (broad SMARTS) is 1. The van der Waals surface area contributed by atoms with E-state index < -0.39 is 22.8 Å². The molecule has 4 aromatic carbocycles. The Hall–Kier alpha value is -4.45. The van der Waals surface area contributed by atoms with Crippen LogP contribution in [-0.2, 0) is 12.0 Å². The van der Waals surface area contributed by atoms with E-state index in [0.717, 1.165) is 33.4 Å². The predicted octanol–water partition coefficient (Wildman–Crippen LogP) is 8.15. The molecule has 0 aliphatic rings.